The monoisotopic (exact) mass is 220 g/mol. The highest BCUT2D eigenvalue weighted by molar-refractivity contribution is 5.89. The van der Waals surface area contributed by atoms with Crippen molar-refractivity contribution in [2.75, 3.05) is 0 Å². The molecule has 0 aliphatic heterocycles. The lowest BCUT2D eigenvalue weighted by Gasteiger charge is -2.30. The normalized spacial score (nSPS) is 11.2. The lowest BCUT2D eigenvalue weighted by molar-refractivity contribution is -0.0249. The van der Waals surface area contributed by atoms with Crippen LogP contribution in [0.15, 0.2) is 30.3 Å². The second-order valence-electron chi connectivity index (χ2n) is 4.00. The first-order valence-electron chi connectivity index (χ1n) is 5.96. The Kier molecular flexibility index (Phi) is 4.53. The van der Waals surface area contributed by atoms with Crippen LogP contribution in [0.1, 0.15) is 50.4 Å². The van der Waals surface area contributed by atoms with Crippen molar-refractivity contribution in [1.29, 1.82) is 0 Å². The van der Waals surface area contributed by atoms with Crippen LogP contribution in [-0.2, 0) is 4.74 Å². The number of rotatable bonds is 5. The maximum Gasteiger partial charge on any atom is 0.338 e. The molecule has 16 heavy (non-hydrogen) atoms. The Morgan fingerprint density at radius 1 is 1.06 bits per heavy atom. The van der Waals surface area contributed by atoms with Crippen molar-refractivity contribution in [3.8, 4) is 0 Å². The number of hydrogen-bond donors (Lipinski definition) is 0. The summed E-state index contributed by atoms with van der Waals surface area (Å²) in [5.74, 6) is -0.217. The number of benzene rings is 1. The van der Waals surface area contributed by atoms with E-state index in [-0.39, 0.29) is 11.6 Å². The third-order valence-electron chi connectivity index (χ3n) is 3.25. The van der Waals surface area contributed by atoms with E-state index in [1.54, 1.807) is 12.1 Å². The zero-order valence-corrected chi connectivity index (χ0v) is 10.3. The molecule has 0 heterocycles. The molecule has 0 bridgehead atoms. The van der Waals surface area contributed by atoms with Gasteiger partial charge in [-0.15, -0.1) is 0 Å². The number of ether oxygens (including phenoxy) is 1. The molecule has 0 aliphatic carbocycles. The number of carbonyl (C=O) groups excluding carboxylic acids is 1. The van der Waals surface area contributed by atoms with E-state index in [2.05, 4.69) is 20.8 Å². The molecule has 2 heteroatoms. The molecule has 1 aromatic carbocycles. The van der Waals surface area contributed by atoms with Gasteiger partial charge in [0.05, 0.1) is 5.56 Å². The van der Waals surface area contributed by atoms with Gasteiger partial charge in [0.25, 0.3) is 0 Å². The van der Waals surface area contributed by atoms with Crippen LogP contribution in [0, 0.1) is 0 Å². The molecule has 0 N–H and O–H groups in total. The molecule has 1 aromatic rings. The van der Waals surface area contributed by atoms with Gasteiger partial charge in [0.1, 0.15) is 5.60 Å². The maximum atomic E-state index is 11.9. The number of carbonyl (C=O) groups is 1. The lowest BCUT2D eigenvalue weighted by atomic mass is 9.94. The fourth-order valence-electron chi connectivity index (χ4n) is 1.80. The molecule has 0 aliphatic rings. The van der Waals surface area contributed by atoms with Gasteiger partial charge in [0.2, 0.25) is 0 Å². The predicted octanol–water partition coefficient (Wildman–Crippen LogP) is 3.81. The summed E-state index contributed by atoms with van der Waals surface area (Å²) in [6, 6.07) is 9.16. The van der Waals surface area contributed by atoms with Gasteiger partial charge in [-0.2, -0.15) is 0 Å². The third-order valence-corrected chi connectivity index (χ3v) is 3.25. The zero-order valence-electron chi connectivity index (χ0n) is 10.3. The van der Waals surface area contributed by atoms with Gasteiger partial charge in [0.15, 0.2) is 0 Å². The summed E-state index contributed by atoms with van der Waals surface area (Å²) in [6.07, 6.45) is 2.58. The molecular weight excluding hydrogens is 200 g/mol. The molecule has 1 rings (SSSR count). The fraction of sp³-hybridized carbons (Fsp3) is 0.500. The van der Waals surface area contributed by atoms with E-state index in [9.17, 15) is 4.79 Å². The molecular formula is C14H20O2. The average Bonchev–Trinajstić information content (AvgIpc) is 2.37. The molecule has 0 radical (unpaired) electrons. The van der Waals surface area contributed by atoms with Crippen molar-refractivity contribution in [1.82, 2.24) is 0 Å². The van der Waals surface area contributed by atoms with Gasteiger partial charge in [-0.05, 0) is 31.4 Å². The van der Waals surface area contributed by atoms with Crippen LogP contribution in [0.4, 0.5) is 0 Å². The average molecular weight is 220 g/mol. The molecule has 0 spiro atoms. The van der Waals surface area contributed by atoms with Gasteiger partial charge in [-0.3, -0.25) is 0 Å². The first kappa shape index (κ1) is 12.8. The Bertz CT molecular complexity index is 318. The van der Waals surface area contributed by atoms with Crippen molar-refractivity contribution in [2.24, 2.45) is 0 Å². The Morgan fingerprint density at radius 3 is 2.00 bits per heavy atom. The quantitative estimate of drug-likeness (QED) is 0.705. The van der Waals surface area contributed by atoms with Crippen molar-refractivity contribution in [3.05, 3.63) is 35.9 Å². The van der Waals surface area contributed by atoms with E-state index < -0.39 is 0 Å². The smallest absolute Gasteiger partial charge is 0.338 e. The summed E-state index contributed by atoms with van der Waals surface area (Å²) < 4.78 is 5.63. The predicted molar refractivity (Wildman–Crippen MR) is 65.5 cm³/mol. The Balaban J connectivity index is 2.77. The maximum absolute atomic E-state index is 11.9. The molecule has 0 saturated heterocycles. The van der Waals surface area contributed by atoms with Crippen LogP contribution in [0.3, 0.4) is 0 Å². The topological polar surface area (TPSA) is 26.3 Å². The van der Waals surface area contributed by atoms with E-state index in [4.69, 9.17) is 4.74 Å². The third kappa shape index (κ3) is 2.84. The van der Waals surface area contributed by atoms with Gasteiger partial charge in [0, 0.05) is 0 Å². The van der Waals surface area contributed by atoms with E-state index in [1.807, 2.05) is 18.2 Å². The summed E-state index contributed by atoms with van der Waals surface area (Å²) in [6.45, 7) is 6.18. The first-order chi connectivity index (χ1) is 7.67. The Hall–Kier alpha value is -1.31. The fourth-order valence-corrected chi connectivity index (χ4v) is 1.80. The van der Waals surface area contributed by atoms with Gasteiger partial charge >= 0.3 is 5.97 Å². The molecule has 0 saturated carbocycles. The lowest BCUT2D eigenvalue weighted by Crippen LogP contribution is -2.33. The molecule has 0 fully saturated rings. The SMILES string of the molecule is CCC(CC)(CC)OC(=O)c1ccccc1. The summed E-state index contributed by atoms with van der Waals surface area (Å²) in [7, 11) is 0. The van der Waals surface area contributed by atoms with Gasteiger partial charge < -0.3 is 4.74 Å². The molecule has 0 unspecified atom stereocenters. The second kappa shape index (κ2) is 5.69. The van der Waals surface area contributed by atoms with Gasteiger partial charge in [-0.1, -0.05) is 39.0 Å². The second-order valence-corrected chi connectivity index (χ2v) is 4.00. The minimum Gasteiger partial charge on any atom is -0.456 e. The highest BCUT2D eigenvalue weighted by Gasteiger charge is 2.28. The van der Waals surface area contributed by atoms with E-state index in [0.29, 0.717) is 5.56 Å². The van der Waals surface area contributed by atoms with Crippen LogP contribution in [0.2, 0.25) is 0 Å². The highest BCUT2D eigenvalue weighted by atomic mass is 16.6. The summed E-state index contributed by atoms with van der Waals surface area (Å²) in [4.78, 5) is 11.9. The summed E-state index contributed by atoms with van der Waals surface area (Å²) >= 11 is 0. The number of esters is 1. The standard InChI is InChI=1S/C14H20O2/c1-4-14(5-2,6-3)16-13(15)12-10-8-7-9-11-12/h7-11H,4-6H2,1-3H3. The molecule has 0 amide bonds. The minimum absolute atomic E-state index is 0.217. The Labute approximate surface area is 97.6 Å². The van der Waals surface area contributed by atoms with Crippen molar-refractivity contribution in [3.63, 3.8) is 0 Å². The van der Waals surface area contributed by atoms with Crippen molar-refractivity contribution in [2.45, 2.75) is 45.6 Å². The van der Waals surface area contributed by atoms with E-state index >= 15 is 0 Å². The Morgan fingerprint density at radius 2 is 1.56 bits per heavy atom. The van der Waals surface area contributed by atoms with Crippen molar-refractivity contribution >= 4 is 5.97 Å². The molecule has 88 valence electrons. The highest BCUT2D eigenvalue weighted by Crippen LogP contribution is 2.25. The van der Waals surface area contributed by atoms with Crippen molar-refractivity contribution < 1.29 is 9.53 Å². The van der Waals surface area contributed by atoms with Crippen LogP contribution in [0.25, 0.3) is 0 Å². The van der Waals surface area contributed by atoms with Crippen LogP contribution in [-0.4, -0.2) is 11.6 Å². The summed E-state index contributed by atoms with van der Waals surface area (Å²) in [5.41, 5.74) is 0.328. The number of hydrogen-bond acceptors (Lipinski definition) is 2. The van der Waals surface area contributed by atoms with Crippen LogP contribution >= 0.6 is 0 Å². The molecule has 0 aromatic heterocycles. The minimum atomic E-state index is -0.299. The van der Waals surface area contributed by atoms with Crippen LogP contribution in [0.5, 0.6) is 0 Å². The first-order valence-corrected chi connectivity index (χ1v) is 5.96. The van der Waals surface area contributed by atoms with Gasteiger partial charge in [-0.25, -0.2) is 4.79 Å². The zero-order chi connectivity index (χ0) is 12.0. The summed E-state index contributed by atoms with van der Waals surface area (Å²) in [5, 5.41) is 0. The van der Waals surface area contributed by atoms with Crippen LogP contribution < -0.4 is 0 Å². The van der Waals surface area contributed by atoms with E-state index in [0.717, 1.165) is 19.3 Å². The molecule has 0 atom stereocenters. The largest absolute Gasteiger partial charge is 0.456 e. The molecule has 2 nitrogen and oxygen atoms in total. The van der Waals surface area contributed by atoms with E-state index in [1.165, 1.54) is 0 Å².